The van der Waals surface area contributed by atoms with Crippen molar-refractivity contribution in [2.75, 3.05) is 0 Å². The van der Waals surface area contributed by atoms with E-state index >= 15 is 0 Å². The molecule has 1 aromatic rings. The summed E-state index contributed by atoms with van der Waals surface area (Å²) in [7, 11) is 0. The monoisotopic (exact) mass is 164 g/mol. The van der Waals surface area contributed by atoms with Gasteiger partial charge < -0.3 is 0 Å². The molecule has 0 aromatic heterocycles. The van der Waals surface area contributed by atoms with Gasteiger partial charge in [0.25, 0.3) is 0 Å². The first-order valence-corrected chi connectivity index (χ1v) is 4.30. The summed E-state index contributed by atoms with van der Waals surface area (Å²) in [5, 5.41) is 0. The predicted octanol–water partition coefficient (Wildman–Crippen LogP) is 1.91. The molecule has 0 saturated heterocycles. The van der Waals surface area contributed by atoms with Crippen molar-refractivity contribution in [2.45, 2.75) is 26.3 Å². The van der Waals surface area contributed by atoms with Crippen LogP contribution >= 0.6 is 0 Å². The van der Waals surface area contributed by atoms with Crippen molar-refractivity contribution < 1.29 is 0 Å². The van der Waals surface area contributed by atoms with Crippen LogP contribution in [0.4, 0.5) is 0 Å². The summed E-state index contributed by atoms with van der Waals surface area (Å²) in [6.07, 6.45) is 1.01. The summed E-state index contributed by atoms with van der Waals surface area (Å²) in [4.78, 5) is 0. The third-order valence-corrected chi connectivity index (χ3v) is 2.05. The third-order valence-electron chi connectivity index (χ3n) is 2.05. The molecule has 2 heteroatoms. The Balaban J connectivity index is 2.85. The second-order valence-electron chi connectivity index (χ2n) is 3.04. The topological polar surface area (TPSA) is 38.0 Å². The van der Waals surface area contributed by atoms with Crippen molar-refractivity contribution in [1.82, 2.24) is 5.43 Å². The zero-order chi connectivity index (χ0) is 8.97. The molecule has 0 aliphatic carbocycles. The fourth-order valence-corrected chi connectivity index (χ4v) is 1.34. The van der Waals surface area contributed by atoms with Crippen LogP contribution in [0.15, 0.2) is 24.3 Å². The van der Waals surface area contributed by atoms with Crippen LogP contribution in [0.5, 0.6) is 0 Å². The van der Waals surface area contributed by atoms with Gasteiger partial charge in [-0.15, -0.1) is 0 Å². The molecular formula is C10H16N2. The summed E-state index contributed by atoms with van der Waals surface area (Å²) in [6, 6.07) is 8.69. The highest BCUT2D eigenvalue weighted by molar-refractivity contribution is 5.24. The summed E-state index contributed by atoms with van der Waals surface area (Å²) in [6.45, 7) is 4.21. The maximum Gasteiger partial charge on any atom is 0.0457 e. The molecule has 0 fully saturated rings. The van der Waals surface area contributed by atoms with E-state index < -0.39 is 0 Å². The Hall–Kier alpha value is -0.860. The molecule has 2 nitrogen and oxygen atoms in total. The van der Waals surface area contributed by atoms with Crippen molar-refractivity contribution >= 4 is 0 Å². The van der Waals surface area contributed by atoms with Gasteiger partial charge in [0.1, 0.15) is 0 Å². The molecular weight excluding hydrogens is 148 g/mol. The lowest BCUT2D eigenvalue weighted by Crippen LogP contribution is -2.27. The quantitative estimate of drug-likeness (QED) is 0.529. The number of nitrogens with one attached hydrogen (secondary N) is 1. The largest absolute Gasteiger partial charge is 0.271 e. The molecule has 1 unspecified atom stereocenters. The van der Waals surface area contributed by atoms with Crippen LogP contribution < -0.4 is 11.3 Å². The first kappa shape index (κ1) is 9.23. The van der Waals surface area contributed by atoms with Gasteiger partial charge >= 0.3 is 0 Å². The second-order valence-corrected chi connectivity index (χ2v) is 3.04. The van der Waals surface area contributed by atoms with Crippen LogP contribution in [0.2, 0.25) is 0 Å². The molecule has 3 N–H and O–H groups in total. The Morgan fingerprint density at radius 3 is 2.75 bits per heavy atom. The minimum Gasteiger partial charge on any atom is -0.271 e. The lowest BCUT2D eigenvalue weighted by Gasteiger charge is -2.13. The number of hydrogen-bond donors (Lipinski definition) is 2. The van der Waals surface area contributed by atoms with Gasteiger partial charge in [0.15, 0.2) is 0 Å². The normalized spacial score (nSPS) is 12.9. The van der Waals surface area contributed by atoms with Gasteiger partial charge in [-0.05, 0) is 18.9 Å². The molecule has 0 spiro atoms. The fourth-order valence-electron chi connectivity index (χ4n) is 1.34. The first-order valence-electron chi connectivity index (χ1n) is 4.30. The highest BCUT2D eigenvalue weighted by Crippen LogP contribution is 2.15. The molecule has 1 rings (SSSR count). The van der Waals surface area contributed by atoms with Crippen molar-refractivity contribution in [3.63, 3.8) is 0 Å². The van der Waals surface area contributed by atoms with Crippen LogP contribution in [-0.2, 0) is 0 Å². The van der Waals surface area contributed by atoms with E-state index in [9.17, 15) is 0 Å². The van der Waals surface area contributed by atoms with E-state index in [2.05, 4.69) is 43.5 Å². The molecule has 0 aliphatic heterocycles. The number of nitrogens with two attached hydrogens (primary N) is 1. The van der Waals surface area contributed by atoms with Crippen LogP contribution in [0, 0.1) is 6.92 Å². The molecule has 12 heavy (non-hydrogen) atoms. The Kier molecular flexibility index (Phi) is 3.26. The van der Waals surface area contributed by atoms with Crippen LogP contribution in [0.1, 0.15) is 30.5 Å². The average Bonchev–Trinajstić information content (AvgIpc) is 2.07. The standard InChI is InChI=1S/C10H16N2/c1-3-10(12-11)9-6-4-5-8(2)7-9/h4-7,10,12H,3,11H2,1-2H3. The van der Waals surface area contributed by atoms with Gasteiger partial charge in [-0.2, -0.15) is 0 Å². The maximum atomic E-state index is 5.42. The minimum absolute atomic E-state index is 0.282. The molecule has 1 atom stereocenters. The summed E-state index contributed by atoms with van der Waals surface area (Å²) in [5.41, 5.74) is 5.34. The number of benzene rings is 1. The van der Waals surface area contributed by atoms with Crippen LogP contribution in [0.3, 0.4) is 0 Å². The van der Waals surface area contributed by atoms with E-state index in [1.165, 1.54) is 11.1 Å². The third kappa shape index (κ3) is 2.06. The zero-order valence-electron chi connectivity index (χ0n) is 7.67. The number of rotatable bonds is 3. The SMILES string of the molecule is CCC(NN)c1cccc(C)c1. The average molecular weight is 164 g/mol. The van der Waals surface area contributed by atoms with E-state index in [4.69, 9.17) is 5.84 Å². The molecule has 66 valence electrons. The summed E-state index contributed by atoms with van der Waals surface area (Å²) in [5.74, 6) is 5.42. The molecule has 0 aliphatic rings. The first-order chi connectivity index (χ1) is 5.77. The molecule has 0 radical (unpaired) electrons. The second kappa shape index (κ2) is 4.24. The molecule has 0 amide bonds. The van der Waals surface area contributed by atoms with Gasteiger partial charge in [-0.1, -0.05) is 36.8 Å². The lowest BCUT2D eigenvalue weighted by atomic mass is 10.0. The predicted molar refractivity (Wildman–Crippen MR) is 51.5 cm³/mol. The number of hydrazine groups is 1. The molecule has 0 bridgehead atoms. The summed E-state index contributed by atoms with van der Waals surface area (Å²) < 4.78 is 0. The van der Waals surface area contributed by atoms with Gasteiger partial charge in [-0.3, -0.25) is 11.3 Å². The highest BCUT2D eigenvalue weighted by atomic mass is 15.2. The van der Waals surface area contributed by atoms with E-state index in [-0.39, 0.29) is 6.04 Å². The van der Waals surface area contributed by atoms with Crippen molar-refractivity contribution in [3.8, 4) is 0 Å². The minimum atomic E-state index is 0.282. The molecule has 1 aromatic carbocycles. The zero-order valence-corrected chi connectivity index (χ0v) is 7.67. The molecule has 0 saturated carbocycles. The number of hydrogen-bond acceptors (Lipinski definition) is 2. The van der Waals surface area contributed by atoms with Crippen molar-refractivity contribution in [3.05, 3.63) is 35.4 Å². The van der Waals surface area contributed by atoms with Gasteiger partial charge in [-0.25, -0.2) is 0 Å². The van der Waals surface area contributed by atoms with Gasteiger partial charge in [0.2, 0.25) is 0 Å². The van der Waals surface area contributed by atoms with Crippen LogP contribution in [0.25, 0.3) is 0 Å². The highest BCUT2D eigenvalue weighted by Gasteiger charge is 2.05. The Morgan fingerprint density at radius 2 is 2.25 bits per heavy atom. The van der Waals surface area contributed by atoms with E-state index in [1.807, 2.05) is 0 Å². The maximum absolute atomic E-state index is 5.42. The Labute approximate surface area is 73.8 Å². The Bertz CT molecular complexity index is 241. The molecule has 0 heterocycles. The van der Waals surface area contributed by atoms with Crippen molar-refractivity contribution in [1.29, 1.82) is 0 Å². The van der Waals surface area contributed by atoms with Gasteiger partial charge in [0.05, 0.1) is 0 Å². The Morgan fingerprint density at radius 1 is 1.50 bits per heavy atom. The lowest BCUT2D eigenvalue weighted by molar-refractivity contribution is 0.539. The van der Waals surface area contributed by atoms with E-state index in [0.29, 0.717) is 0 Å². The summed E-state index contributed by atoms with van der Waals surface area (Å²) >= 11 is 0. The fraction of sp³-hybridized carbons (Fsp3) is 0.400. The van der Waals surface area contributed by atoms with Gasteiger partial charge in [0, 0.05) is 6.04 Å². The van der Waals surface area contributed by atoms with Crippen LogP contribution in [-0.4, -0.2) is 0 Å². The smallest absolute Gasteiger partial charge is 0.0457 e. The van der Waals surface area contributed by atoms with E-state index in [1.54, 1.807) is 0 Å². The number of aryl methyl sites for hydroxylation is 1. The van der Waals surface area contributed by atoms with Crippen molar-refractivity contribution in [2.24, 2.45) is 5.84 Å². The van der Waals surface area contributed by atoms with E-state index in [0.717, 1.165) is 6.42 Å².